The summed E-state index contributed by atoms with van der Waals surface area (Å²) in [6, 6.07) is 4.82. The van der Waals surface area contributed by atoms with Crippen molar-refractivity contribution in [1.82, 2.24) is 10.2 Å². The highest BCUT2D eigenvalue weighted by Crippen LogP contribution is 2.31. The SMILES string of the molecule is COc1c(F)c(F)c(C(=O)NC(=S)Nc2ccc(N3CCN(C(C)=O)CC3)c(Cl)c2)c(F)c1F. The molecule has 0 radical (unpaired) electrons. The van der Waals surface area contributed by atoms with Crippen LogP contribution in [0.15, 0.2) is 18.2 Å². The Bertz CT molecular complexity index is 1130. The van der Waals surface area contributed by atoms with E-state index in [4.69, 9.17) is 23.8 Å². The van der Waals surface area contributed by atoms with Crippen molar-refractivity contribution in [3.63, 3.8) is 0 Å². The number of halogens is 5. The van der Waals surface area contributed by atoms with Crippen LogP contribution < -0.4 is 20.3 Å². The number of piperazine rings is 1. The Balaban J connectivity index is 1.69. The van der Waals surface area contributed by atoms with Crippen LogP contribution in [0.4, 0.5) is 28.9 Å². The number of nitrogens with one attached hydrogen (secondary N) is 2. The highest BCUT2D eigenvalue weighted by Gasteiger charge is 2.30. The maximum Gasteiger partial charge on any atom is 0.263 e. The van der Waals surface area contributed by atoms with Gasteiger partial charge >= 0.3 is 0 Å². The summed E-state index contributed by atoms with van der Waals surface area (Å²) in [6.07, 6.45) is 0. The molecule has 2 aromatic carbocycles. The van der Waals surface area contributed by atoms with Crippen LogP contribution in [0, 0.1) is 23.3 Å². The van der Waals surface area contributed by atoms with Crippen molar-refractivity contribution in [1.29, 1.82) is 0 Å². The van der Waals surface area contributed by atoms with Crippen molar-refractivity contribution < 1.29 is 31.9 Å². The Morgan fingerprint density at radius 2 is 1.62 bits per heavy atom. The molecule has 0 spiro atoms. The summed E-state index contributed by atoms with van der Waals surface area (Å²) in [5.74, 6) is -10.3. The number of thiocarbonyl (C=S) groups is 1. The number of ether oxygens (including phenoxy) is 1. The van der Waals surface area contributed by atoms with Gasteiger partial charge in [-0.25, -0.2) is 8.78 Å². The molecule has 1 aliphatic heterocycles. The van der Waals surface area contributed by atoms with Crippen molar-refractivity contribution >= 4 is 52.1 Å². The zero-order chi connectivity index (χ0) is 25.2. The second kappa shape index (κ2) is 10.4. The lowest BCUT2D eigenvalue weighted by molar-refractivity contribution is -0.129. The van der Waals surface area contributed by atoms with Crippen LogP contribution in [0.3, 0.4) is 0 Å². The molecule has 0 atom stereocenters. The summed E-state index contributed by atoms with van der Waals surface area (Å²) in [5, 5.41) is 4.54. The molecule has 2 aromatic rings. The maximum atomic E-state index is 14.1. The lowest BCUT2D eigenvalue weighted by Crippen LogP contribution is -2.48. The van der Waals surface area contributed by atoms with E-state index in [2.05, 4.69) is 10.1 Å². The molecule has 0 saturated carbocycles. The first-order valence-electron chi connectivity index (χ1n) is 9.87. The standard InChI is InChI=1S/C21H19ClF4N4O3S/c1-10(31)29-5-7-30(8-6-29)13-4-3-11(9-12(13)22)27-21(34)28-20(32)14-15(23)17(25)19(33-2)18(26)16(14)24/h3-4,9H,5-8H2,1-2H3,(H2,27,28,32,34). The molecule has 1 heterocycles. The minimum Gasteiger partial charge on any atom is -0.491 e. The molecule has 7 nitrogen and oxygen atoms in total. The topological polar surface area (TPSA) is 73.9 Å². The first kappa shape index (κ1) is 25.5. The Hall–Kier alpha value is -3.12. The van der Waals surface area contributed by atoms with Crippen LogP contribution in [0.1, 0.15) is 17.3 Å². The van der Waals surface area contributed by atoms with Crippen LogP contribution in [0.25, 0.3) is 0 Å². The number of benzene rings is 2. The number of anilines is 2. The minimum atomic E-state index is -1.92. The minimum absolute atomic E-state index is 0.000679. The Morgan fingerprint density at radius 1 is 1.03 bits per heavy atom. The van der Waals surface area contributed by atoms with E-state index in [0.29, 0.717) is 36.9 Å². The number of carbonyl (C=O) groups is 2. The fourth-order valence-electron chi connectivity index (χ4n) is 3.42. The quantitative estimate of drug-likeness (QED) is 0.365. The lowest BCUT2D eigenvalue weighted by atomic mass is 10.1. The molecular formula is C21H19ClF4N4O3S. The number of hydrogen-bond acceptors (Lipinski definition) is 5. The average molecular weight is 519 g/mol. The third-order valence-electron chi connectivity index (χ3n) is 5.15. The molecule has 13 heteroatoms. The van der Waals surface area contributed by atoms with Crippen molar-refractivity contribution in [2.75, 3.05) is 43.5 Å². The fourth-order valence-corrected chi connectivity index (χ4v) is 3.93. The smallest absolute Gasteiger partial charge is 0.263 e. The zero-order valence-corrected chi connectivity index (χ0v) is 19.6. The summed E-state index contributed by atoms with van der Waals surface area (Å²) in [4.78, 5) is 27.4. The van der Waals surface area contributed by atoms with Crippen molar-refractivity contribution in [2.24, 2.45) is 0 Å². The molecular weight excluding hydrogens is 500 g/mol. The van der Waals surface area contributed by atoms with E-state index < -0.39 is 40.5 Å². The second-order valence-electron chi connectivity index (χ2n) is 7.23. The monoisotopic (exact) mass is 518 g/mol. The van der Waals surface area contributed by atoms with Gasteiger partial charge in [-0.1, -0.05) is 11.6 Å². The molecule has 1 saturated heterocycles. The van der Waals surface area contributed by atoms with Gasteiger partial charge in [0.15, 0.2) is 22.5 Å². The van der Waals surface area contributed by atoms with Crippen molar-refractivity contribution in [3.8, 4) is 5.75 Å². The highest BCUT2D eigenvalue weighted by molar-refractivity contribution is 7.80. The number of rotatable bonds is 4. The third-order valence-corrected chi connectivity index (χ3v) is 5.66. The van der Waals surface area contributed by atoms with Gasteiger partial charge in [-0.3, -0.25) is 14.9 Å². The first-order valence-corrected chi connectivity index (χ1v) is 10.7. The summed E-state index contributed by atoms with van der Waals surface area (Å²) < 4.78 is 60.3. The lowest BCUT2D eigenvalue weighted by Gasteiger charge is -2.36. The van der Waals surface area contributed by atoms with Gasteiger partial charge in [-0.05, 0) is 30.4 Å². The summed E-state index contributed by atoms with van der Waals surface area (Å²) in [5.41, 5.74) is -0.425. The molecule has 1 fully saturated rings. The molecule has 0 unspecified atom stereocenters. The highest BCUT2D eigenvalue weighted by atomic mass is 35.5. The Labute approximate surface area is 202 Å². The number of amides is 2. The Morgan fingerprint density at radius 3 is 2.12 bits per heavy atom. The van der Waals surface area contributed by atoms with E-state index in [1.807, 2.05) is 10.2 Å². The maximum absolute atomic E-state index is 14.1. The van der Waals surface area contributed by atoms with Gasteiger partial charge in [0.1, 0.15) is 5.56 Å². The molecule has 3 rings (SSSR count). The van der Waals surface area contributed by atoms with E-state index in [-0.39, 0.29) is 11.0 Å². The summed E-state index contributed by atoms with van der Waals surface area (Å²) in [6.45, 7) is 3.80. The summed E-state index contributed by atoms with van der Waals surface area (Å²) >= 11 is 11.3. The van der Waals surface area contributed by atoms with Gasteiger partial charge in [0.05, 0.1) is 17.8 Å². The average Bonchev–Trinajstić information content (AvgIpc) is 2.78. The predicted octanol–water partition coefficient (Wildman–Crippen LogP) is 3.70. The first-order chi connectivity index (χ1) is 16.0. The molecule has 2 N–H and O–H groups in total. The Kier molecular flexibility index (Phi) is 7.82. The zero-order valence-electron chi connectivity index (χ0n) is 18.0. The second-order valence-corrected chi connectivity index (χ2v) is 8.05. The van der Waals surface area contributed by atoms with Crippen LogP contribution in [0.5, 0.6) is 5.75 Å². The van der Waals surface area contributed by atoms with Gasteiger partial charge in [0.2, 0.25) is 17.5 Å². The third kappa shape index (κ3) is 5.17. The van der Waals surface area contributed by atoms with Gasteiger partial charge < -0.3 is 19.9 Å². The molecule has 2 amide bonds. The number of methoxy groups -OCH3 is 1. The van der Waals surface area contributed by atoms with Crippen molar-refractivity contribution in [3.05, 3.63) is 52.1 Å². The molecule has 182 valence electrons. The molecule has 0 aromatic heterocycles. The van der Waals surface area contributed by atoms with Gasteiger partial charge in [-0.15, -0.1) is 0 Å². The van der Waals surface area contributed by atoms with E-state index >= 15 is 0 Å². The molecule has 0 bridgehead atoms. The summed E-state index contributed by atoms with van der Waals surface area (Å²) in [7, 11) is 0.821. The number of hydrogen-bond donors (Lipinski definition) is 2. The van der Waals surface area contributed by atoms with Crippen LogP contribution in [-0.2, 0) is 4.79 Å². The normalized spacial score (nSPS) is 13.5. The largest absolute Gasteiger partial charge is 0.491 e. The van der Waals surface area contributed by atoms with Crippen LogP contribution in [-0.4, -0.2) is 55.1 Å². The molecule has 1 aliphatic rings. The van der Waals surface area contributed by atoms with Gasteiger partial charge in [-0.2, -0.15) is 8.78 Å². The van der Waals surface area contributed by atoms with Gasteiger partial charge in [0.25, 0.3) is 5.91 Å². The van der Waals surface area contributed by atoms with Crippen LogP contribution in [0.2, 0.25) is 5.02 Å². The molecule has 0 aliphatic carbocycles. The van der Waals surface area contributed by atoms with E-state index in [0.717, 1.165) is 12.8 Å². The predicted molar refractivity (Wildman–Crippen MR) is 122 cm³/mol. The number of nitrogens with zero attached hydrogens (tertiary/aromatic N) is 2. The van der Waals surface area contributed by atoms with E-state index in [1.54, 1.807) is 17.0 Å². The van der Waals surface area contributed by atoms with Gasteiger partial charge in [0, 0.05) is 38.8 Å². The van der Waals surface area contributed by atoms with E-state index in [1.165, 1.54) is 13.0 Å². The van der Waals surface area contributed by atoms with Crippen LogP contribution >= 0.6 is 23.8 Å². The van der Waals surface area contributed by atoms with Crippen molar-refractivity contribution in [2.45, 2.75) is 6.92 Å². The molecule has 34 heavy (non-hydrogen) atoms. The number of carbonyl (C=O) groups excluding carboxylic acids is 2. The van der Waals surface area contributed by atoms with E-state index in [9.17, 15) is 27.2 Å². The fraction of sp³-hybridized carbons (Fsp3) is 0.286.